The Labute approximate surface area is 290 Å². The van der Waals surface area contributed by atoms with E-state index >= 15 is 0 Å². The van der Waals surface area contributed by atoms with E-state index in [1.54, 1.807) is 13.8 Å². The Kier molecular flexibility index (Phi) is 7.61. The summed E-state index contributed by atoms with van der Waals surface area (Å²) in [4.78, 5) is 33.1. The lowest BCUT2D eigenvalue weighted by atomic mass is 10.0. The fraction of sp³-hybridized carbons (Fsp3) is 0.361. The average Bonchev–Trinajstić information content (AvgIpc) is 3.65. The summed E-state index contributed by atoms with van der Waals surface area (Å²) in [5.41, 5.74) is -0.692. The van der Waals surface area contributed by atoms with Crippen molar-refractivity contribution in [2.75, 3.05) is 26.1 Å². The van der Waals surface area contributed by atoms with Gasteiger partial charge in [-0.1, -0.05) is 74.1 Å². The maximum atomic E-state index is 14.7. The molecule has 11 heteroatoms. The highest BCUT2D eigenvalue weighted by Gasteiger charge is 2.30. The number of rotatable bonds is 13. The summed E-state index contributed by atoms with van der Waals surface area (Å²) in [5, 5.41) is -0.163. The number of benzene rings is 3. The van der Waals surface area contributed by atoms with Crippen LogP contribution in [0.4, 0.5) is 17.6 Å². The first-order valence-electron chi connectivity index (χ1n) is 19.9. The number of thioether (sulfide) groups is 1. The van der Waals surface area contributed by atoms with E-state index in [1.165, 1.54) is 41.0 Å². The van der Waals surface area contributed by atoms with Gasteiger partial charge in [-0.25, -0.2) is 4.39 Å². The molecule has 248 valence electrons. The van der Waals surface area contributed by atoms with Crippen molar-refractivity contribution in [3.05, 3.63) is 117 Å². The number of amides is 1. The van der Waals surface area contributed by atoms with Crippen LogP contribution in [0.15, 0.2) is 82.7 Å². The Hall–Kier alpha value is -3.96. The molecule has 1 aromatic heterocycles. The van der Waals surface area contributed by atoms with Crippen molar-refractivity contribution < 1.29 is 36.1 Å². The Morgan fingerprint density at radius 1 is 0.957 bits per heavy atom. The van der Waals surface area contributed by atoms with Crippen LogP contribution in [0.5, 0.6) is 0 Å². The van der Waals surface area contributed by atoms with Crippen molar-refractivity contribution in [1.82, 2.24) is 19.4 Å². The van der Waals surface area contributed by atoms with Gasteiger partial charge in [0, 0.05) is 39.2 Å². The minimum absolute atomic E-state index is 0.0206. The first-order valence-corrected chi connectivity index (χ1v) is 15.9. The highest BCUT2D eigenvalue weighted by Crippen LogP contribution is 2.31. The minimum atomic E-state index is -4.56. The number of hydrogen-bond acceptors (Lipinski definition) is 5. The van der Waals surface area contributed by atoms with Crippen molar-refractivity contribution >= 4 is 17.7 Å². The second kappa shape index (κ2) is 15.3. The Morgan fingerprint density at radius 2 is 1.60 bits per heavy atom. The predicted octanol–water partition coefficient (Wildman–Crippen LogP) is 7.22. The maximum absolute atomic E-state index is 14.7. The van der Waals surface area contributed by atoms with Gasteiger partial charge >= 0.3 is 6.18 Å². The fourth-order valence-corrected chi connectivity index (χ4v) is 5.87. The van der Waals surface area contributed by atoms with Gasteiger partial charge in [0.25, 0.3) is 5.56 Å². The molecule has 0 spiro atoms. The van der Waals surface area contributed by atoms with Crippen LogP contribution in [0.3, 0.4) is 0 Å². The molecule has 1 aliphatic carbocycles. The van der Waals surface area contributed by atoms with Crippen LogP contribution in [-0.2, 0) is 42.6 Å². The summed E-state index contributed by atoms with van der Waals surface area (Å²) in [6, 6.07) is 6.29. The van der Waals surface area contributed by atoms with Gasteiger partial charge < -0.3 is 14.4 Å². The first kappa shape index (κ1) is 23.4. The van der Waals surface area contributed by atoms with Gasteiger partial charge in [-0.2, -0.15) is 18.2 Å². The summed E-state index contributed by atoms with van der Waals surface area (Å²) < 4.78 is 142. The Morgan fingerprint density at radius 3 is 2.21 bits per heavy atom. The molecule has 0 unspecified atom stereocenters. The summed E-state index contributed by atoms with van der Waals surface area (Å²) in [5.74, 6) is -2.98. The molecule has 0 saturated heterocycles. The molecule has 0 atom stereocenters. The van der Waals surface area contributed by atoms with Gasteiger partial charge in [0.05, 0.1) is 16.5 Å². The molecule has 0 bridgehead atoms. The highest BCUT2D eigenvalue weighted by atomic mass is 32.2. The second-order valence-electron chi connectivity index (χ2n) is 10.5. The second-order valence-corrected chi connectivity index (χ2v) is 11.5. The molecular weight excluding hydrogens is 628 g/mol. The first-order chi connectivity index (χ1) is 26.5. The molecule has 6 nitrogen and oxygen atoms in total. The van der Waals surface area contributed by atoms with E-state index in [0.717, 1.165) is 28.8 Å². The molecule has 1 aliphatic rings. The van der Waals surface area contributed by atoms with E-state index in [9.17, 15) is 29.9 Å². The van der Waals surface area contributed by atoms with E-state index in [1.807, 2.05) is 0 Å². The zero-order chi connectivity index (χ0) is 42.4. The predicted molar refractivity (Wildman–Crippen MR) is 177 cm³/mol. The largest absolute Gasteiger partial charge is 0.416 e. The van der Waals surface area contributed by atoms with Crippen molar-refractivity contribution in [3.63, 3.8) is 0 Å². The molecule has 1 amide bonds. The minimum Gasteiger partial charge on any atom is -0.336 e. The van der Waals surface area contributed by atoms with Gasteiger partial charge in [0.15, 0.2) is 5.16 Å². The van der Waals surface area contributed by atoms with Crippen molar-refractivity contribution in [3.8, 4) is 11.1 Å². The average molecular weight is 677 g/mol. The van der Waals surface area contributed by atoms with E-state index in [2.05, 4.69) is 4.98 Å². The van der Waals surface area contributed by atoms with Crippen molar-refractivity contribution in [2.24, 2.45) is 0 Å². The molecule has 0 aliphatic heterocycles. The summed E-state index contributed by atoms with van der Waals surface area (Å²) in [7, 11) is 0. The number of likely N-dealkylation sites (N-methyl/N-ethyl adjacent to an activating group) is 1. The zero-order valence-corrected chi connectivity index (χ0v) is 26.4. The SMILES string of the molecule is [2H]c1c([2H])c(CSc2nc(=O)c3c(n2CC(=O)N(C([2H])([2H])c2ccc(-c4ccc(C(F)(F)F)cc4)cc2)C([2H])([2H])C([2H])([2H])N(CC)CC)CCC3)c([2H])c([2H])c1F. The third kappa shape index (κ3) is 8.70. The quantitative estimate of drug-likeness (QED) is 0.0851. The van der Waals surface area contributed by atoms with Gasteiger partial charge in [0.1, 0.15) is 12.4 Å². The lowest BCUT2D eigenvalue weighted by molar-refractivity contribution is -0.137. The van der Waals surface area contributed by atoms with E-state index in [4.69, 9.17) is 11.0 Å². The number of halogens is 4. The van der Waals surface area contributed by atoms with Crippen LogP contribution in [-0.4, -0.2) is 51.3 Å². The van der Waals surface area contributed by atoms with Crippen LogP contribution in [0.2, 0.25) is 0 Å². The standard InChI is InChI=1S/C36H38F4N4O2S/c1-3-42(4-2)20-21-43(22-25-8-12-27(13-9-25)28-14-16-29(17-15-28)36(38,39)40)33(45)23-44-32-7-5-6-31(32)34(46)41-35(44)47-24-26-10-18-30(37)19-11-26/h8-19H,3-7,20-24H2,1-2H3/i10D,11D,18D,19D,20D2,21D2,22D2. The number of nitrogens with zero attached hydrogens (tertiary/aromatic N) is 4. The molecule has 3 aromatic carbocycles. The number of alkyl halides is 3. The zero-order valence-electron chi connectivity index (χ0n) is 35.6. The number of aromatic nitrogens is 2. The Bertz CT molecular complexity index is 2190. The van der Waals surface area contributed by atoms with Gasteiger partial charge in [-0.05, 0) is 78.8 Å². The molecule has 0 N–H and O–H groups in total. The van der Waals surface area contributed by atoms with E-state index < -0.39 is 79.2 Å². The summed E-state index contributed by atoms with van der Waals surface area (Å²) in [6.07, 6.45) is -3.53. The highest BCUT2D eigenvalue weighted by molar-refractivity contribution is 7.98. The fourth-order valence-electron chi connectivity index (χ4n) is 4.97. The normalized spacial score (nSPS) is 16.8. The van der Waals surface area contributed by atoms with Crippen LogP contribution in [0.25, 0.3) is 11.1 Å². The molecule has 1 heterocycles. The molecule has 47 heavy (non-hydrogen) atoms. The number of carbonyl (C=O) groups excluding carboxylic acids is 1. The van der Waals surface area contributed by atoms with Crippen LogP contribution in [0.1, 0.15) is 61.9 Å². The third-order valence-electron chi connectivity index (χ3n) is 7.49. The molecule has 0 radical (unpaired) electrons. The van der Waals surface area contributed by atoms with Gasteiger partial charge in [-0.15, -0.1) is 0 Å². The number of fused-ring (bicyclic) bond motifs is 1. The summed E-state index contributed by atoms with van der Waals surface area (Å²) in [6.45, 7) is -7.22. The van der Waals surface area contributed by atoms with E-state index in [0.29, 0.717) is 23.2 Å². The van der Waals surface area contributed by atoms with E-state index in [-0.39, 0.29) is 58.4 Å². The molecule has 0 saturated carbocycles. The molecule has 5 rings (SSSR count). The topological polar surface area (TPSA) is 58.4 Å². The van der Waals surface area contributed by atoms with Crippen LogP contribution in [0, 0.1) is 5.82 Å². The molecule has 0 fully saturated rings. The lowest BCUT2D eigenvalue weighted by Gasteiger charge is -2.28. The molecule has 4 aromatic rings. The monoisotopic (exact) mass is 676 g/mol. The Balaban J connectivity index is 1.60. The molecular formula is C36H38F4N4O2S. The van der Waals surface area contributed by atoms with Crippen molar-refractivity contribution in [2.45, 2.75) is 63.2 Å². The lowest BCUT2D eigenvalue weighted by Crippen LogP contribution is -2.40. The smallest absolute Gasteiger partial charge is 0.336 e. The maximum Gasteiger partial charge on any atom is 0.416 e. The van der Waals surface area contributed by atoms with Gasteiger partial charge in [-0.3, -0.25) is 9.59 Å². The van der Waals surface area contributed by atoms with Gasteiger partial charge in [0.2, 0.25) is 5.91 Å². The van der Waals surface area contributed by atoms with Crippen LogP contribution < -0.4 is 5.56 Å². The third-order valence-corrected chi connectivity index (χ3v) is 8.49. The number of hydrogen-bond donors (Lipinski definition) is 0. The summed E-state index contributed by atoms with van der Waals surface area (Å²) >= 11 is 0.736. The van der Waals surface area contributed by atoms with Crippen molar-refractivity contribution in [1.29, 1.82) is 0 Å². The van der Waals surface area contributed by atoms with Crippen LogP contribution >= 0.6 is 11.8 Å². The number of carbonyl (C=O) groups is 1.